The number of halogens is 1. The third kappa shape index (κ3) is 3.10. The van der Waals surface area contributed by atoms with Gasteiger partial charge in [-0.3, -0.25) is 9.69 Å². The van der Waals surface area contributed by atoms with Crippen LogP contribution in [0, 0.1) is 0 Å². The number of amides is 1. The zero-order valence-electron chi connectivity index (χ0n) is 10.3. The van der Waals surface area contributed by atoms with E-state index in [1.807, 2.05) is 36.1 Å². The minimum Gasteiger partial charge on any atom is -0.392 e. The molecule has 1 aliphatic heterocycles. The van der Waals surface area contributed by atoms with E-state index < -0.39 is 0 Å². The second-order valence-electron chi connectivity index (χ2n) is 4.58. The summed E-state index contributed by atoms with van der Waals surface area (Å²) in [5.74, 6) is -0.0454. The highest BCUT2D eigenvalue weighted by Gasteiger charge is 2.28. The molecule has 4 nitrogen and oxygen atoms in total. The van der Waals surface area contributed by atoms with Crippen LogP contribution in [0.1, 0.15) is 13.3 Å². The molecule has 0 radical (unpaired) electrons. The van der Waals surface area contributed by atoms with Crippen molar-refractivity contribution in [2.24, 2.45) is 0 Å². The minimum absolute atomic E-state index is 0.0454. The van der Waals surface area contributed by atoms with Gasteiger partial charge in [0.2, 0.25) is 5.91 Å². The standard InChI is InChI=1S/C13H17BrN2O2/c1-9(16-7-6-10(17)8-16)13(18)15-12-5-3-2-4-11(12)14/h2-5,9-10,17H,6-8H2,1H3,(H,15,18)/t9?,10-/m0/s1. The fraction of sp³-hybridized carbons (Fsp3) is 0.462. The summed E-state index contributed by atoms with van der Waals surface area (Å²) in [6.07, 6.45) is 0.441. The molecular weight excluding hydrogens is 296 g/mol. The van der Waals surface area contributed by atoms with E-state index in [9.17, 15) is 9.90 Å². The van der Waals surface area contributed by atoms with Crippen LogP contribution in [0.2, 0.25) is 0 Å². The van der Waals surface area contributed by atoms with E-state index >= 15 is 0 Å². The Hall–Kier alpha value is -0.910. The molecule has 1 heterocycles. The third-order valence-corrected chi connectivity index (χ3v) is 3.95. The molecule has 1 saturated heterocycles. The van der Waals surface area contributed by atoms with Gasteiger partial charge in [-0.2, -0.15) is 0 Å². The summed E-state index contributed by atoms with van der Waals surface area (Å²) in [6.45, 7) is 3.21. The number of carbonyl (C=O) groups excluding carboxylic acids is 1. The summed E-state index contributed by atoms with van der Waals surface area (Å²) < 4.78 is 0.868. The Balaban J connectivity index is 1.98. The van der Waals surface area contributed by atoms with E-state index in [2.05, 4.69) is 21.2 Å². The smallest absolute Gasteiger partial charge is 0.241 e. The number of para-hydroxylation sites is 1. The quantitative estimate of drug-likeness (QED) is 0.895. The summed E-state index contributed by atoms with van der Waals surface area (Å²) >= 11 is 3.40. The second kappa shape index (κ2) is 5.82. The van der Waals surface area contributed by atoms with Gasteiger partial charge in [0.25, 0.3) is 0 Å². The zero-order valence-corrected chi connectivity index (χ0v) is 11.9. The van der Waals surface area contributed by atoms with Crippen LogP contribution in [0.25, 0.3) is 0 Å². The van der Waals surface area contributed by atoms with Gasteiger partial charge in [-0.1, -0.05) is 12.1 Å². The molecule has 0 spiro atoms. The first-order valence-electron chi connectivity index (χ1n) is 6.05. The van der Waals surface area contributed by atoms with Crippen molar-refractivity contribution in [1.82, 2.24) is 4.90 Å². The number of hydrogen-bond donors (Lipinski definition) is 2. The molecule has 2 rings (SSSR count). The fourth-order valence-corrected chi connectivity index (χ4v) is 2.47. The molecule has 1 unspecified atom stereocenters. The average Bonchev–Trinajstić information content (AvgIpc) is 2.78. The number of nitrogens with zero attached hydrogens (tertiary/aromatic N) is 1. The predicted molar refractivity (Wildman–Crippen MR) is 74.4 cm³/mol. The van der Waals surface area contributed by atoms with Gasteiger partial charge in [0.05, 0.1) is 17.8 Å². The van der Waals surface area contributed by atoms with Gasteiger partial charge in [-0.15, -0.1) is 0 Å². The number of hydrogen-bond acceptors (Lipinski definition) is 3. The molecule has 0 saturated carbocycles. The number of nitrogens with one attached hydrogen (secondary N) is 1. The molecular formula is C13H17BrN2O2. The molecule has 0 bridgehead atoms. The van der Waals surface area contributed by atoms with Crippen LogP contribution in [0.3, 0.4) is 0 Å². The lowest BCUT2D eigenvalue weighted by Crippen LogP contribution is -2.41. The summed E-state index contributed by atoms with van der Waals surface area (Å²) in [5, 5.41) is 12.4. The Morgan fingerprint density at radius 2 is 2.28 bits per heavy atom. The van der Waals surface area contributed by atoms with Crippen molar-refractivity contribution in [1.29, 1.82) is 0 Å². The average molecular weight is 313 g/mol. The van der Waals surface area contributed by atoms with Crippen LogP contribution in [0.5, 0.6) is 0 Å². The highest BCUT2D eigenvalue weighted by Crippen LogP contribution is 2.22. The Morgan fingerprint density at radius 1 is 1.56 bits per heavy atom. The number of aliphatic hydroxyl groups is 1. The highest BCUT2D eigenvalue weighted by molar-refractivity contribution is 9.10. The minimum atomic E-state index is -0.302. The molecule has 5 heteroatoms. The van der Waals surface area contributed by atoms with Gasteiger partial charge in [0.1, 0.15) is 0 Å². The van der Waals surface area contributed by atoms with Crippen molar-refractivity contribution < 1.29 is 9.90 Å². The number of rotatable bonds is 3. The Bertz CT molecular complexity index is 439. The van der Waals surface area contributed by atoms with Crippen molar-refractivity contribution in [3.05, 3.63) is 28.7 Å². The van der Waals surface area contributed by atoms with Crippen LogP contribution in [-0.4, -0.2) is 41.1 Å². The van der Waals surface area contributed by atoms with E-state index in [4.69, 9.17) is 0 Å². The van der Waals surface area contributed by atoms with Crippen molar-refractivity contribution >= 4 is 27.5 Å². The number of likely N-dealkylation sites (tertiary alicyclic amines) is 1. The Labute approximate surface area is 115 Å². The maximum atomic E-state index is 12.1. The van der Waals surface area contributed by atoms with Crippen molar-refractivity contribution in [3.8, 4) is 0 Å². The molecule has 1 fully saturated rings. The maximum absolute atomic E-state index is 12.1. The lowest BCUT2D eigenvalue weighted by Gasteiger charge is -2.23. The topological polar surface area (TPSA) is 52.6 Å². The van der Waals surface area contributed by atoms with Gasteiger partial charge < -0.3 is 10.4 Å². The highest BCUT2D eigenvalue weighted by atomic mass is 79.9. The SMILES string of the molecule is CC(C(=O)Nc1ccccc1Br)N1CC[C@H](O)C1. The van der Waals surface area contributed by atoms with Crippen LogP contribution in [-0.2, 0) is 4.79 Å². The summed E-state index contributed by atoms with van der Waals surface area (Å²) in [4.78, 5) is 14.1. The van der Waals surface area contributed by atoms with Gasteiger partial charge in [0.15, 0.2) is 0 Å². The largest absolute Gasteiger partial charge is 0.392 e. The van der Waals surface area contributed by atoms with E-state index in [1.54, 1.807) is 0 Å². The molecule has 2 atom stereocenters. The van der Waals surface area contributed by atoms with Crippen molar-refractivity contribution in [2.45, 2.75) is 25.5 Å². The molecule has 18 heavy (non-hydrogen) atoms. The summed E-state index contributed by atoms with van der Waals surface area (Å²) in [5.41, 5.74) is 0.772. The lowest BCUT2D eigenvalue weighted by molar-refractivity contribution is -0.120. The molecule has 0 aliphatic carbocycles. The van der Waals surface area contributed by atoms with Gasteiger partial charge in [-0.05, 0) is 41.4 Å². The van der Waals surface area contributed by atoms with Crippen LogP contribution in [0.4, 0.5) is 5.69 Å². The number of β-amino-alcohol motifs (C(OH)–C–C–N with tert-alkyl or cyclic N) is 1. The number of benzene rings is 1. The Morgan fingerprint density at radius 3 is 2.89 bits per heavy atom. The van der Waals surface area contributed by atoms with Crippen molar-refractivity contribution in [3.63, 3.8) is 0 Å². The van der Waals surface area contributed by atoms with E-state index in [0.29, 0.717) is 6.54 Å². The molecule has 1 amide bonds. The first kappa shape index (κ1) is 13.5. The molecule has 1 aromatic carbocycles. The van der Waals surface area contributed by atoms with Gasteiger partial charge in [-0.25, -0.2) is 0 Å². The number of carbonyl (C=O) groups is 1. The molecule has 1 aliphatic rings. The number of aliphatic hydroxyl groups excluding tert-OH is 1. The molecule has 2 N–H and O–H groups in total. The normalized spacial score (nSPS) is 21.8. The van der Waals surface area contributed by atoms with Crippen LogP contribution >= 0.6 is 15.9 Å². The fourth-order valence-electron chi connectivity index (χ4n) is 2.09. The zero-order chi connectivity index (χ0) is 13.1. The summed E-state index contributed by atoms with van der Waals surface area (Å²) in [7, 11) is 0. The lowest BCUT2D eigenvalue weighted by atomic mass is 10.2. The van der Waals surface area contributed by atoms with Crippen molar-refractivity contribution in [2.75, 3.05) is 18.4 Å². The van der Waals surface area contributed by atoms with E-state index in [1.165, 1.54) is 0 Å². The van der Waals surface area contributed by atoms with Crippen LogP contribution in [0.15, 0.2) is 28.7 Å². The van der Waals surface area contributed by atoms with Gasteiger partial charge in [0, 0.05) is 17.6 Å². The second-order valence-corrected chi connectivity index (χ2v) is 5.44. The molecule has 1 aromatic rings. The molecule has 0 aromatic heterocycles. The van der Waals surface area contributed by atoms with Gasteiger partial charge >= 0.3 is 0 Å². The Kier molecular flexibility index (Phi) is 4.37. The summed E-state index contributed by atoms with van der Waals surface area (Å²) in [6, 6.07) is 7.30. The van der Waals surface area contributed by atoms with E-state index in [0.717, 1.165) is 23.1 Å². The predicted octanol–water partition coefficient (Wildman–Crippen LogP) is 1.84. The van der Waals surface area contributed by atoms with Crippen LogP contribution < -0.4 is 5.32 Å². The maximum Gasteiger partial charge on any atom is 0.241 e. The monoisotopic (exact) mass is 312 g/mol. The number of anilines is 1. The third-order valence-electron chi connectivity index (χ3n) is 3.25. The van der Waals surface area contributed by atoms with E-state index in [-0.39, 0.29) is 18.1 Å². The molecule has 98 valence electrons. The first-order chi connectivity index (χ1) is 8.58. The first-order valence-corrected chi connectivity index (χ1v) is 6.84.